The molecule has 15 heavy (non-hydrogen) atoms. The summed E-state index contributed by atoms with van der Waals surface area (Å²) in [6, 6.07) is 0. The van der Waals surface area contributed by atoms with E-state index in [9.17, 15) is 0 Å². The number of ether oxygens (including phenoxy) is 1. The molecule has 1 aliphatic rings. The van der Waals surface area contributed by atoms with Crippen LogP contribution in [0.5, 0.6) is 0 Å². The number of halogens is 1. The second kappa shape index (κ2) is 6.40. The van der Waals surface area contributed by atoms with Crippen molar-refractivity contribution in [3.63, 3.8) is 0 Å². The summed E-state index contributed by atoms with van der Waals surface area (Å²) in [7, 11) is 0. The molecule has 0 aromatic heterocycles. The minimum Gasteiger partial charge on any atom is -1.00 e. The third-order valence-corrected chi connectivity index (χ3v) is 3.52. The zero-order valence-electron chi connectivity index (χ0n) is 10.7. The van der Waals surface area contributed by atoms with Crippen molar-refractivity contribution in [2.24, 2.45) is 0 Å². The molecule has 1 heterocycles. The number of hydrogen-bond acceptors (Lipinski definition) is 1. The van der Waals surface area contributed by atoms with Crippen LogP contribution in [0.4, 0.5) is 0 Å². The Kier molecular flexibility index (Phi) is 6.68. The fraction of sp³-hybridized carbons (Fsp3) is 1.00. The average Bonchev–Trinajstić information content (AvgIpc) is 2.86. The quantitative estimate of drug-likeness (QED) is 0.358. The van der Waals surface area contributed by atoms with E-state index >= 15 is 0 Å². The number of epoxide rings is 1. The molecule has 3 heteroatoms. The molecular formula is C12H26INO. The molecule has 1 saturated heterocycles. The van der Waals surface area contributed by atoms with E-state index in [0.717, 1.165) is 6.61 Å². The Labute approximate surface area is 112 Å². The first-order chi connectivity index (χ1) is 6.64. The van der Waals surface area contributed by atoms with Gasteiger partial charge in [-0.05, 0) is 19.3 Å². The van der Waals surface area contributed by atoms with E-state index in [2.05, 4.69) is 27.7 Å². The maximum atomic E-state index is 5.69. The monoisotopic (exact) mass is 327 g/mol. The van der Waals surface area contributed by atoms with Gasteiger partial charge in [-0.25, -0.2) is 0 Å². The third-order valence-electron chi connectivity index (χ3n) is 3.52. The summed E-state index contributed by atoms with van der Waals surface area (Å²) in [4.78, 5) is 0. The second-order valence-corrected chi connectivity index (χ2v) is 4.78. The summed E-state index contributed by atoms with van der Waals surface area (Å²) >= 11 is 0. The fourth-order valence-corrected chi connectivity index (χ4v) is 2.71. The molecule has 0 spiro atoms. The maximum absolute atomic E-state index is 5.69. The Bertz CT molecular complexity index is 163. The lowest BCUT2D eigenvalue weighted by Gasteiger charge is -2.41. The summed E-state index contributed by atoms with van der Waals surface area (Å²) < 4.78 is 6.88. The van der Waals surface area contributed by atoms with Crippen molar-refractivity contribution in [2.75, 3.05) is 26.2 Å². The highest BCUT2D eigenvalue weighted by Gasteiger charge is 2.57. The number of rotatable bonds is 7. The standard InChI is InChI=1S/C12H26NO.HI/c1-5-8-13(9-6-2,10-7-3)12(4)11-14-12;/h5-11H2,1-4H3;1H/q+1;/p-1. The molecule has 0 bridgehead atoms. The van der Waals surface area contributed by atoms with Gasteiger partial charge in [0, 0.05) is 6.92 Å². The Hall–Kier alpha value is 0.650. The van der Waals surface area contributed by atoms with E-state index in [-0.39, 0.29) is 29.7 Å². The van der Waals surface area contributed by atoms with Crippen LogP contribution in [0.15, 0.2) is 0 Å². The van der Waals surface area contributed by atoms with Crippen molar-refractivity contribution in [3.05, 3.63) is 0 Å². The van der Waals surface area contributed by atoms with Gasteiger partial charge in [-0.15, -0.1) is 0 Å². The lowest BCUT2D eigenvalue weighted by Crippen LogP contribution is -3.00. The van der Waals surface area contributed by atoms with E-state index < -0.39 is 0 Å². The van der Waals surface area contributed by atoms with Crippen molar-refractivity contribution >= 4 is 0 Å². The highest BCUT2D eigenvalue weighted by molar-refractivity contribution is 4.78. The van der Waals surface area contributed by atoms with E-state index in [0.29, 0.717) is 0 Å². The predicted octanol–water partition coefficient (Wildman–Crippen LogP) is -0.216. The number of hydrogen-bond donors (Lipinski definition) is 0. The molecule has 1 unspecified atom stereocenters. The van der Waals surface area contributed by atoms with E-state index in [1.807, 2.05) is 0 Å². The van der Waals surface area contributed by atoms with Gasteiger partial charge in [0.05, 0.1) is 19.6 Å². The van der Waals surface area contributed by atoms with Crippen LogP contribution in [0.25, 0.3) is 0 Å². The molecule has 0 N–H and O–H groups in total. The minimum absolute atomic E-state index is 0. The Morgan fingerprint density at radius 3 is 1.53 bits per heavy atom. The van der Waals surface area contributed by atoms with Crippen molar-refractivity contribution in [1.82, 2.24) is 0 Å². The first kappa shape index (κ1) is 15.7. The molecule has 0 saturated carbocycles. The lowest BCUT2D eigenvalue weighted by molar-refractivity contribution is -0.970. The van der Waals surface area contributed by atoms with Gasteiger partial charge in [0.1, 0.15) is 6.61 Å². The minimum atomic E-state index is 0. The second-order valence-electron chi connectivity index (χ2n) is 4.78. The van der Waals surface area contributed by atoms with Gasteiger partial charge >= 0.3 is 0 Å². The molecule has 1 atom stereocenters. The van der Waals surface area contributed by atoms with Crippen molar-refractivity contribution in [1.29, 1.82) is 0 Å². The molecule has 0 aromatic carbocycles. The van der Waals surface area contributed by atoms with Crippen LogP contribution in [0.1, 0.15) is 47.0 Å². The molecule has 2 nitrogen and oxygen atoms in total. The average molecular weight is 327 g/mol. The summed E-state index contributed by atoms with van der Waals surface area (Å²) in [5, 5.41) is 0. The molecule has 1 fully saturated rings. The molecule has 1 aliphatic heterocycles. The predicted molar refractivity (Wildman–Crippen MR) is 60.1 cm³/mol. The van der Waals surface area contributed by atoms with Gasteiger partial charge in [0.15, 0.2) is 0 Å². The molecule has 92 valence electrons. The highest BCUT2D eigenvalue weighted by Crippen LogP contribution is 2.38. The topological polar surface area (TPSA) is 12.5 Å². The Morgan fingerprint density at radius 2 is 1.33 bits per heavy atom. The zero-order chi connectivity index (χ0) is 10.7. The normalized spacial score (nSPS) is 24.8. The molecule has 0 aromatic rings. The summed E-state index contributed by atoms with van der Waals surface area (Å²) in [6.07, 6.45) is 3.79. The van der Waals surface area contributed by atoms with Crippen molar-refractivity contribution in [3.8, 4) is 0 Å². The SMILES string of the molecule is CCC[N+](CCC)(CCC)C1(C)CO1.[I-]. The number of quaternary nitrogens is 1. The fourth-order valence-electron chi connectivity index (χ4n) is 2.71. The zero-order valence-corrected chi connectivity index (χ0v) is 12.8. The molecule has 0 radical (unpaired) electrons. The molecule has 0 aliphatic carbocycles. The molecule has 1 rings (SSSR count). The molecular weight excluding hydrogens is 301 g/mol. The Balaban J connectivity index is 0.00000196. The summed E-state index contributed by atoms with van der Waals surface area (Å²) in [6.45, 7) is 13.9. The van der Waals surface area contributed by atoms with Gasteiger partial charge < -0.3 is 28.7 Å². The summed E-state index contributed by atoms with van der Waals surface area (Å²) in [5.41, 5.74) is 0.155. The smallest absolute Gasteiger partial charge is 0.224 e. The molecule has 0 amide bonds. The van der Waals surface area contributed by atoms with E-state index in [1.54, 1.807) is 0 Å². The third kappa shape index (κ3) is 3.30. The van der Waals surface area contributed by atoms with Gasteiger partial charge in [-0.2, -0.15) is 0 Å². The maximum Gasteiger partial charge on any atom is 0.224 e. The Morgan fingerprint density at radius 1 is 1.00 bits per heavy atom. The number of nitrogens with zero attached hydrogens (tertiary/aromatic N) is 1. The van der Waals surface area contributed by atoms with E-state index in [4.69, 9.17) is 4.74 Å². The lowest BCUT2D eigenvalue weighted by atomic mass is 10.1. The highest BCUT2D eigenvalue weighted by atomic mass is 127. The van der Waals surface area contributed by atoms with Crippen LogP contribution in [0.3, 0.4) is 0 Å². The van der Waals surface area contributed by atoms with E-state index in [1.165, 1.54) is 43.4 Å². The van der Waals surface area contributed by atoms with Crippen LogP contribution in [-0.2, 0) is 4.74 Å². The van der Waals surface area contributed by atoms with Gasteiger partial charge in [-0.1, -0.05) is 20.8 Å². The van der Waals surface area contributed by atoms with Crippen molar-refractivity contribution < 1.29 is 33.2 Å². The van der Waals surface area contributed by atoms with Crippen LogP contribution in [0, 0.1) is 0 Å². The largest absolute Gasteiger partial charge is 1.00 e. The first-order valence-electron chi connectivity index (χ1n) is 6.14. The van der Waals surface area contributed by atoms with Gasteiger partial charge in [-0.3, -0.25) is 4.48 Å². The van der Waals surface area contributed by atoms with Gasteiger partial charge in [0.2, 0.25) is 5.72 Å². The van der Waals surface area contributed by atoms with Crippen molar-refractivity contribution in [2.45, 2.75) is 52.7 Å². The van der Waals surface area contributed by atoms with Crippen LogP contribution >= 0.6 is 0 Å². The van der Waals surface area contributed by atoms with Crippen LogP contribution in [0.2, 0.25) is 0 Å². The first-order valence-corrected chi connectivity index (χ1v) is 6.14. The van der Waals surface area contributed by atoms with Crippen LogP contribution < -0.4 is 24.0 Å². The van der Waals surface area contributed by atoms with Gasteiger partial charge in [0.25, 0.3) is 0 Å². The summed E-state index contributed by atoms with van der Waals surface area (Å²) in [5.74, 6) is 0. The van der Waals surface area contributed by atoms with Crippen LogP contribution in [-0.4, -0.2) is 36.4 Å².